The van der Waals surface area contributed by atoms with Gasteiger partial charge in [-0.3, -0.25) is 4.28 Å². The van der Waals surface area contributed by atoms with Crippen LogP contribution in [0.15, 0.2) is 40.9 Å². The first-order valence-corrected chi connectivity index (χ1v) is 5.19. The van der Waals surface area contributed by atoms with E-state index in [0.29, 0.717) is 0 Å². The van der Waals surface area contributed by atoms with E-state index in [9.17, 15) is 8.42 Å². The van der Waals surface area contributed by atoms with Crippen molar-refractivity contribution in [2.45, 2.75) is 11.8 Å². The lowest BCUT2D eigenvalue weighted by molar-refractivity contribution is 0.342. The molecule has 0 aliphatic carbocycles. The molecule has 5 heteroatoms. The molecule has 1 aromatic rings. The van der Waals surface area contributed by atoms with Crippen molar-refractivity contribution in [2.24, 2.45) is 5.16 Å². The average Bonchev–Trinajstić information content (AvgIpc) is 2.16. The van der Waals surface area contributed by atoms with Gasteiger partial charge in [-0.15, -0.1) is 0 Å². The van der Waals surface area contributed by atoms with Gasteiger partial charge in [-0.25, -0.2) is 0 Å². The lowest BCUT2D eigenvalue weighted by Gasteiger charge is -1.99. The third-order valence-corrected chi connectivity index (χ3v) is 2.63. The van der Waals surface area contributed by atoms with Crippen molar-refractivity contribution in [3.8, 4) is 0 Å². The number of rotatable bonds is 3. The summed E-state index contributed by atoms with van der Waals surface area (Å²) in [7, 11) is -3.81. The first kappa shape index (κ1) is 10.5. The van der Waals surface area contributed by atoms with Gasteiger partial charge >= 0.3 is 10.1 Å². The Balaban J connectivity index is 3.04. The molecule has 0 aliphatic heterocycles. The van der Waals surface area contributed by atoms with Crippen molar-refractivity contribution in [3.63, 3.8) is 0 Å². The molecule has 0 saturated heterocycles. The summed E-state index contributed by atoms with van der Waals surface area (Å²) in [4.78, 5) is 0.0575. The van der Waals surface area contributed by atoms with E-state index in [1.54, 1.807) is 12.1 Å². The second-order valence-electron chi connectivity index (χ2n) is 2.59. The van der Waals surface area contributed by atoms with Crippen LogP contribution in [0.2, 0.25) is 0 Å². The summed E-state index contributed by atoms with van der Waals surface area (Å²) >= 11 is 0. The third kappa shape index (κ3) is 2.45. The monoisotopic (exact) mass is 211 g/mol. The van der Waals surface area contributed by atoms with Crippen molar-refractivity contribution in [2.75, 3.05) is 0 Å². The van der Waals surface area contributed by atoms with Crippen LogP contribution >= 0.6 is 0 Å². The number of nitrogens with zero attached hydrogens (tertiary/aromatic N) is 1. The summed E-state index contributed by atoms with van der Waals surface area (Å²) in [6.45, 7) is 4.95. The molecule has 0 aliphatic rings. The zero-order valence-corrected chi connectivity index (χ0v) is 8.41. The van der Waals surface area contributed by atoms with Crippen LogP contribution in [0.4, 0.5) is 0 Å². The largest absolute Gasteiger partial charge is 0.359 e. The highest BCUT2D eigenvalue weighted by Crippen LogP contribution is 2.12. The molecule has 1 rings (SSSR count). The van der Waals surface area contributed by atoms with Gasteiger partial charge < -0.3 is 0 Å². The lowest BCUT2D eigenvalue weighted by atomic mass is 10.2. The first-order chi connectivity index (χ1) is 6.56. The van der Waals surface area contributed by atoms with Crippen LogP contribution in [-0.2, 0) is 14.4 Å². The summed E-state index contributed by atoms with van der Waals surface area (Å²) in [6.07, 6.45) is 0. The van der Waals surface area contributed by atoms with E-state index in [2.05, 4.69) is 16.0 Å². The van der Waals surface area contributed by atoms with Crippen LogP contribution in [0.3, 0.4) is 0 Å². The summed E-state index contributed by atoms with van der Waals surface area (Å²) in [6, 6.07) is 6.24. The molecule has 0 fully saturated rings. The van der Waals surface area contributed by atoms with Crippen molar-refractivity contribution in [3.05, 3.63) is 36.4 Å². The standard InChI is InChI=1S/C9H9NO3S/c1-3-10-13-14(11,12)9-6-4-8(2)5-7-9/h4-7H,1H2,2H3. The molecule has 0 amide bonds. The van der Waals surface area contributed by atoms with Crippen molar-refractivity contribution >= 4 is 16.0 Å². The molecule has 14 heavy (non-hydrogen) atoms. The molecular formula is C9H9NO3S. The van der Waals surface area contributed by atoms with Gasteiger partial charge in [-0.05, 0) is 30.8 Å². The van der Waals surface area contributed by atoms with Crippen molar-refractivity contribution in [1.29, 1.82) is 0 Å². The Kier molecular flexibility index (Phi) is 3.06. The second kappa shape index (κ2) is 4.09. The molecule has 74 valence electrons. The molecule has 0 saturated carbocycles. The van der Waals surface area contributed by atoms with Gasteiger partial charge in [0, 0.05) is 5.87 Å². The lowest BCUT2D eigenvalue weighted by Crippen LogP contribution is -2.01. The maximum Gasteiger partial charge on any atom is 0.359 e. The van der Waals surface area contributed by atoms with Gasteiger partial charge in [0.05, 0.1) is 0 Å². The predicted molar refractivity (Wildman–Crippen MR) is 52.5 cm³/mol. The molecule has 0 bridgehead atoms. The Bertz CT molecular complexity index is 455. The Morgan fingerprint density at radius 1 is 1.36 bits per heavy atom. The quantitative estimate of drug-likeness (QED) is 0.562. The van der Waals surface area contributed by atoms with Crippen LogP contribution < -0.4 is 0 Å². The Morgan fingerprint density at radius 2 is 1.93 bits per heavy atom. The smallest absolute Gasteiger partial charge is 0.256 e. The highest BCUT2D eigenvalue weighted by molar-refractivity contribution is 7.86. The van der Waals surface area contributed by atoms with E-state index < -0.39 is 10.1 Å². The van der Waals surface area contributed by atoms with Crippen LogP contribution in [0.25, 0.3) is 0 Å². The van der Waals surface area contributed by atoms with Crippen molar-refractivity contribution in [1.82, 2.24) is 0 Å². The fourth-order valence-corrected chi connectivity index (χ4v) is 1.53. The van der Waals surface area contributed by atoms with E-state index in [4.69, 9.17) is 0 Å². The topological polar surface area (TPSA) is 55.7 Å². The fourth-order valence-electron chi connectivity index (χ4n) is 0.823. The van der Waals surface area contributed by atoms with Gasteiger partial charge in [0.2, 0.25) is 0 Å². The minimum atomic E-state index is -3.81. The molecule has 0 heterocycles. The van der Waals surface area contributed by atoms with E-state index in [1.165, 1.54) is 12.1 Å². The number of hydrogen-bond acceptors (Lipinski definition) is 4. The molecule has 0 radical (unpaired) electrons. The third-order valence-electron chi connectivity index (χ3n) is 1.51. The molecule has 1 aromatic carbocycles. The molecule has 0 aromatic heterocycles. The molecular weight excluding hydrogens is 202 g/mol. The number of aryl methyl sites for hydroxylation is 1. The summed E-state index contributed by atoms with van der Waals surface area (Å²) in [5, 5.41) is 2.99. The van der Waals surface area contributed by atoms with Crippen LogP contribution in [0.1, 0.15) is 5.56 Å². The van der Waals surface area contributed by atoms with Crippen molar-refractivity contribution < 1.29 is 12.7 Å². The summed E-state index contributed by atoms with van der Waals surface area (Å²) in [5.74, 6) is 1.98. The predicted octanol–water partition coefficient (Wildman–Crippen LogP) is 1.47. The normalized spacial score (nSPS) is 10.4. The SMILES string of the molecule is C=C=NOS(=O)(=O)c1ccc(C)cc1. The zero-order valence-electron chi connectivity index (χ0n) is 7.60. The molecule has 0 atom stereocenters. The molecule has 0 spiro atoms. The van der Waals surface area contributed by atoms with Crippen LogP contribution in [-0.4, -0.2) is 14.3 Å². The van der Waals surface area contributed by atoms with Crippen LogP contribution in [0, 0.1) is 6.92 Å². The fraction of sp³-hybridized carbons (Fsp3) is 0.111. The summed E-state index contributed by atoms with van der Waals surface area (Å²) in [5.41, 5.74) is 0.969. The zero-order chi connectivity index (χ0) is 10.6. The Morgan fingerprint density at radius 3 is 2.43 bits per heavy atom. The highest BCUT2D eigenvalue weighted by atomic mass is 32.2. The van der Waals surface area contributed by atoms with Gasteiger partial charge in [0.15, 0.2) is 0 Å². The minimum Gasteiger partial charge on any atom is -0.256 e. The van der Waals surface area contributed by atoms with E-state index in [-0.39, 0.29) is 4.90 Å². The van der Waals surface area contributed by atoms with Gasteiger partial charge in [-0.1, -0.05) is 17.7 Å². The van der Waals surface area contributed by atoms with Crippen LogP contribution in [0.5, 0.6) is 0 Å². The van der Waals surface area contributed by atoms with Gasteiger partial charge in [0.1, 0.15) is 4.90 Å². The number of benzene rings is 1. The minimum absolute atomic E-state index is 0.0575. The average molecular weight is 211 g/mol. The maximum atomic E-state index is 11.3. The molecule has 0 N–H and O–H groups in total. The molecule has 4 nitrogen and oxygen atoms in total. The van der Waals surface area contributed by atoms with E-state index >= 15 is 0 Å². The Hall–Kier alpha value is -1.58. The second-order valence-corrected chi connectivity index (χ2v) is 4.12. The Labute approximate surface area is 82.6 Å². The molecule has 0 unspecified atom stereocenters. The highest BCUT2D eigenvalue weighted by Gasteiger charge is 2.14. The van der Waals surface area contributed by atoms with Gasteiger partial charge in [0.25, 0.3) is 0 Å². The number of hydrogen-bond donors (Lipinski definition) is 0. The first-order valence-electron chi connectivity index (χ1n) is 3.79. The summed E-state index contributed by atoms with van der Waals surface area (Å²) < 4.78 is 26.9. The van der Waals surface area contributed by atoms with E-state index in [0.717, 1.165) is 5.56 Å². The van der Waals surface area contributed by atoms with Gasteiger partial charge in [-0.2, -0.15) is 8.42 Å². The van der Waals surface area contributed by atoms with E-state index in [1.807, 2.05) is 12.8 Å². The maximum absolute atomic E-state index is 11.3.